The molecule has 0 unspecified atom stereocenters. The van der Waals surface area contributed by atoms with Crippen molar-refractivity contribution in [3.63, 3.8) is 0 Å². The van der Waals surface area contributed by atoms with Crippen molar-refractivity contribution in [1.29, 1.82) is 0 Å². The van der Waals surface area contributed by atoms with Gasteiger partial charge in [0, 0.05) is 49.1 Å². The van der Waals surface area contributed by atoms with Crippen LogP contribution in [0.3, 0.4) is 0 Å². The summed E-state index contributed by atoms with van der Waals surface area (Å²) in [6, 6.07) is 12.5. The van der Waals surface area contributed by atoms with E-state index in [4.69, 9.17) is 14.5 Å². The number of hydrogen-bond donors (Lipinski definition) is 1. The highest BCUT2D eigenvalue weighted by Crippen LogP contribution is 2.37. The Labute approximate surface area is 173 Å². The van der Waals surface area contributed by atoms with Gasteiger partial charge in [0.15, 0.2) is 11.5 Å². The number of amides is 1. The summed E-state index contributed by atoms with van der Waals surface area (Å²) in [7, 11) is 0. The predicted molar refractivity (Wildman–Crippen MR) is 111 cm³/mol. The Kier molecular flexibility index (Phi) is 4.75. The van der Waals surface area contributed by atoms with E-state index in [2.05, 4.69) is 23.2 Å². The lowest BCUT2D eigenvalue weighted by Gasteiger charge is -2.27. The molecule has 1 fully saturated rings. The van der Waals surface area contributed by atoms with Crippen molar-refractivity contribution in [3.05, 3.63) is 53.8 Å². The van der Waals surface area contributed by atoms with Gasteiger partial charge in [0.25, 0.3) is 0 Å². The quantitative estimate of drug-likeness (QED) is 0.720. The monoisotopic (exact) mass is 407 g/mol. The molecular weight excluding hydrogens is 385 g/mol. The van der Waals surface area contributed by atoms with E-state index in [0.29, 0.717) is 37.6 Å². The average Bonchev–Trinajstić information content (AvgIpc) is 3.14. The maximum absolute atomic E-state index is 13.5. The van der Waals surface area contributed by atoms with Crippen molar-refractivity contribution < 1.29 is 18.7 Å². The third-order valence-electron chi connectivity index (χ3n) is 5.72. The zero-order valence-corrected chi connectivity index (χ0v) is 16.7. The van der Waals surface area contributed by atoms with Crippen LogP contribution in [0.15, 0.2) is 42.5 Å². The first kappa shape index (κ1) is 18.8. The van der Waals surface area contributed by atoms with E-state index in [1.165, 1.54) is 12.1 Å². The van der Waals surface area contributed by atoms with Crippen LogP contribution in [0.25, 0.3) is 22.2 Å². The van der Waals surface area contributed by atoms with E-state index in [-0.39, 0.29) is 24.6 Å². The van der Waals surface area contributed by atoms with Crippen molar-refractivity contribution in [2.45, 2.75) is 25.9 Å². The molecule has 3 aromatic rings. The van der Waals surface area contributed by atoms with Gasteiger partial charge in [-0.05, 0) is 48.9 Å². The van der Waals surface area contributed by atoms with Gasteiger partial charge in [-0.25, -0.2) is 9.37 Å². The molecule has 154 valence electrons. The SMILES string of the molecule is C[C@H]1CNC(=O)CCN1Cc1cc2cc3c(cc2nc1-c1ccc(F)cc1)OCO3. The minimum absolute atomic E-state index is 0.0763. The molecule has 2 aliphatic heterocycles. The Hall–Kier alpha value is -3.19. The molecule has 1 aromatic heterocycles. The number of nitrogens with zero attached hydrogens (tertiary/aromatic N) is 2. The first-order chi connectivity index (χ1) is 14.6. The highest BCUT2D eigenvalue weighted by Gasteiger charge is 2.23. The zero-order valence-electron chi connectivity index (χ0n) is 16.7. The number of hydrogen-bond acceptors (Lipinski definition) is 5. The Balaban J connectivity index is 1.60. The molecule has 7 heteroatoms. The van der Waals surface area contributed by atoms with Crippen LogP contribution in [-0.2, 0) is 11.3 Å². The van der Waals surface area contributed by atoms with Gasteiger partial charge >= 0.3 is 0 Å². The maximum Gasteiger partial charge on any atom is 0.231 e. The van der Waals surface area contributed by atoms with E-state index in [1.54, 1.807) is 12.1 Å². The molecule has 0 saturated carbocycles. The van der Waals surface area contributed by atoms with Crippen molar-refractivity contribution in [2.75, 3.05) is 19.9 Å². The van der Waals surface area contributed by atoms with Crippen molar-refractivity contribution in [2.24, 2.45) is 0 Å². The predicted octanol–water partition coefficient (Wildman–Crippen LogP) is 3.48. The minimum Gasteiger partial charge on any atom is -0.454 e. The van der Waals surface area contributed by atoms with Gasteiger partial charge in [0.1, 0.15) is 5.82 Å². The number of fused-ring (bicyclic) bond motifs is 2. The van der Waals surface area contributed by atoms with Gasteiger partial charge in [-0.1, -0.05) is 0 Å². The van der Waals surface area contributed by atoms with Crippen LogP contribution in [0, 0.1) is 5.82 Å². The number of nitrogens with one attached hydrogen (secondary N) is 1. The summed E-state index contributed by atoms with van der Waals surface area (Å²) < 4.78 is 24.5. The van der Waals surface area contributed by atoms with Crippen molar-refractivity contribution in [1.82, 2.24) is 15.2 Å². The number of pyridine rings is 1. The van der Waals surface area contributed by atoms with Crippen LogP contribution < -0.4 is 14.8 Å². The molecule has 0 bridgehead atoms. The van der Waals surface area contributed by atoms with Gasteiger partial charge in [-0.2, -0.15) is 0 Å². The summed E-state index contributed by atoms with van der Waals surface area (Å²) in [5.41, 5.74) is 3.47. The molecule has 0 aliphatic carbocycles. The van der Waals surface area contributed by atoms with Gasteiger partial charge in [-0.15, -0.1) is 0 Å². The molecular formula is C23H22FN3O3. The van der Waals surface area contributed by atoms with Crippen molar-refractivity contribution in [3.8, 4) is 22.8 Å². The number of aromatic nitrogens is 1. The topological polar surface area (TPSA) is 63.7 Å². The molecule has 0 radical (unpaired) electrons. The summed E-state index contributed by atoms with van der Waals surface area (Å²) in [6.45, 7) is 4.24. The zero-order chi connectivity index (χ0) is 20.7. The van der Waals surface area contributed by atoms with Crippen LogP contribution in [0.4, 0.5) is 4.39 Å². The smallest absolute Gasteiger partial charge is 0.231 e. The van der Waals surface area contributed by atoms with Gasteiger partial charge < -0.3 is 14.8 Å². The Morgan fingerprint density at radius 2 is 1.93 bits per heavy atom. The maximum atomic E-state index is 13.5. The number of ether oxygens (including phenoxy) is 2. The largest absolute Gasteiger partial charge is 0.454 e. The van der Waals surface area contributed by atoms with Gasteiger partial charge in [0.2, 0.25) is 12.7 Å². The van der Waals surface area contributed by atoms with E-state index >= 15 is 0 Å². The fourth-order valence-corrected chi connectivity index (χ4v) is 3.98. The molecule has 1 atom stereocenters. The lowest BCUT2D eigenvalue weighted by Crippen LogP contribution is -2.37. The molecule has 2 aliphatic rings. The molecule has 1 saturated heterocycles. The number of carbonyl (C=O) groups excluding carboxylic acids is 1. The van der Waals surface area contributed by atoms with Gasteiger partial charge in [0.05, 0.1) is 11.2 Å². The number of benzene rings is 2. The van der Waals surface area contributed by atoms with Crippen LogP contribution in [-0.4, -0.2) is 41.7 Å². The molecule has 1 N–H and O–H groups in total. The molecule has 30 heavy (non-hydrogen) atoms. The summed E-state index contributed by atoms with van der Waals surface area (Å²) >= 11 is 0. The Bertz CT molecular complexity index is 1120. The fraction of sp³-hybridized carbons (Fsp3) is 0.304. The second-order valence-electron chi connectivity index (χ2n) is 7.77. The first-order valence-electron chi connectivity index (χ1n) is 10.1. The second-order valence-corrected chi connectivity index (χ2v) is 7.77. The van der Waals surface area contributed by atoms with Gasteiger partial charge in [-0.3, -0.25) is 9.69 Å². The van der Waals surface area contributed by atoms with Crippen molar-refractivity contribution >= 4 is 16.8 Å². The normalized spacial score (nSPS) is 19.0. The molecule has 1 amide bonds. The van der Waals surface area contributed by atoms with E-state index < -0.39 is 0 Å². The summed E-state index contributed by atoms with van der Waals surface area (Å²) in [5, 5.41) is 3.91. The third kappa shape index (κ3) is 3.57. The van der Waals surface area contributed by atoms with Crippen LogP contribution >= 0.6 is 0 Å². The molecule has 6 nitrogen and oxygen atoms in total. The first-order valence-corrected chi connectivity index (χ1v) is 10.1. The Morgan fingerprint density at radius 3 is 2.73 bits per heavy atom. The third-order valence-corrected chi connectivity index (χ3v) is 5.72. The lowest BCUT2D eigenvalue weighted by atomic mass is 10.0. The van der Waals surface area contributed by atoms with Crippen LogP contribution in [0.5, 0.6) is 11.5 Å². The second kappa shape index (κ2) is 7.57. The summed E-state index contributed by atoms with van der Waals surface area (Å²) in [6.07, 6.45) is 0.468. The fourth-order valence-electron chi connectivity index (χ4n) is 3.98. The molecule has 2 aromatic carbocycles. The minimum atomic E-state index is -0.282. The van der Waals surface area contributed by atoms with Crippen LogP contribution in [0.1, 0.15) is 18.9 Å². The average molecular weight is 407 g/mol. The van der Waals surface area contributed by atoms with Crippen LogP contribution in [0.2, 0.25) is 0 Å². The highest BCUT2D eigenvalue weighted by molar-refractivity contribution is 5.86. The summed E-state index contributed by atoms with van der Waals surface area (Å²) in [4.78, 5) is 19.0. The standard InChI is InChI=1S/C23H22FN3O3/c1-14-11-25-22(28)6-7-27(14)12-17-8-16-9-20-21(30-13-29-20)10-19(16)26-23(17)15-2-4-18(24)5-3-15/h2-5,8-10,14H,6-7,11-13H2,1H3,(H,25,28)/t14-/m0/s1. The number of rotatable bonds is 3. The highest BCUT2D eigenvalue weighted by atomic mass is 19.1. The van der Waals surface area contributed by atoms with E-state index in [9.17, 15) is 9.18 Å². The van der Waals surface area contributed by atoms with E-state index in [0.717, 1.165) is 27.7 Å². The molecule has 3 heterocycles. The van der Waals surface area contributed by atoms with E-state index in [1.807, 2.05) is 12.1 Å². The number of halogens is 1. The number of carbonyl (C=O) groups is 1. The summed E-state index contributed by atoms with van der Waals surface area (Å²) in [5.74, 6) is 1.18. The molecule has 0 spiro atoms. The lowest BCUT2D eigenvalue weighted by molar-refractivity contribution is -0.120. The molecule has 5 rings (SSSR count). The Morgan fingerprint density at radius 1 is 1.17 bits per heavy atom.